The van der Waals surface area contributed by atoms with E-state index in [1.807, 2.05) is 55.4 Å². The molecule has 36 heteroatoms. The molecule has 0 atom stereocenters. The van der Waals surface area contributed by atoms with Crippen molar-refractivity contribution in [1.29, 1.82) is 0 Å². The maximum Gasteiger partial charge on any atom is 0.328 e. The second kappa shape index (κ2) is 41.8. The molecule has 6 fully saturated rings. The molecule has 2 aromatic carbocycles. The van der Waals surface area contributed by atoms with Crippen LogP contribution >= 0.6 is 0 Å². The fraction of sp³-hybridized carbons (Fsp3) is 0.553. The second-order valence-electron chi connectivity index (χ2n) is 30.3. The van der Waals surface area contributed by atoms with Crippen LogP contribution in [0.15, 0.2) is 97.9 Å². The lowest BCUT2D eigenvalue weighted by atomic mass is 9.71. The van der Waals surface area contributed by atoms with E-state index in [-0.39, 0.29) is 81.5 Å². The van der Waals surface area contributed by atoms with E-state index in [1.54, 1.807) is 22.2 Å². The summed E-state index contributed by atoms with van der Waals surface area (Å²) in [4.78, 5) is 115. The van der Waals surface area contributed by atoms with Crippen LogP contribution in [0, 0.1) is 34.3 Å². The van der Waals surface area contributed by atoms with Crippen LogP contribution in [0.4, 0.5) is 20.4 Å². The number of amides is 2. The third kappa shape index (κ3) is 29.5. The van der Waals surface area contributed by atoms with E-state index in [9.17, 15) is 64.0 Å². The molecule has 112 heavy (non-hydrogen) atoms. The number of rotatable bonds is 26. The number of carbonyl (C=O) groups is 8. The number of carbonyl (C=O) groups excluding carboxylic acids is 2. The smallest absolute Gasteiger partial charge is 0.328 e. The second-order valence-corrected chi connectivity index (χ2v) is 33.8. The maximum absolute atomic E-state index is 14.3. The van der Waals surface area contributed by atoms with Gasteiger partial charge in [-0.1, -0.05) is 0 Å². The van der Waals surface area contributed by atoms with Crippen LogP contribution in [-0.4, -0.2) is 249 Å². The number of nitrogens with zero attached hydrogens (tertiary/aromatic N) is 10. The molecular weight excluding hydrogens is 1500 g/mol. The molecule has 2 aromatic heterocycles. The SMILES string of the molecule is CC(C)N(C(=O)c1cc(F)ccc1Oc1cncnc1N1CC2(CCN(CC3CCC(NS(C)(=O)=O)CC3)CC2)C1)C(C)C.CC(C)N(C(=O)c1cc(F)ccc1Oc1cncnc1N1CC2(CCN(CC3CCC(NS(C)(=O)=O)CC3)CC2)C1)C(C)C.O=C(O)/C=C/C(=O)O.O=C(O)/C=C/C(=O)O.O=C(O)/C=C/C(=O)O. The van der Waals surface area contributed by atoms with Gasteiger partial charge in [0.2, 0.25) is 20.0 Å². The van der Waals surface area contributed by atoms with Crippen molar-refractivity contribution < 1.29 is 104 Å². The number of sulfonamides is 2. The van der Waals surface area contributed by atoms with Gasteiger partial charge in [0.1, 0.15) is 35.8 Å². The third-order valence-corrected chi connectivity index (χ3v) is 21.4. The third-order valence-electron chi connectivity index (χ3n) is 19.9. The highest BCUT2D eigenvalue weighted by Crippen LogP contribution is 2.47. The van der Waals surface area contributed by atoms with E-state index in [0.717, 1.165) is 142 Å². The lowest BCUT2D eigenvalue weighted by molar-refractivity contribution is -0.134. The van der Waals surface area contributed by atoms with Crippen LogP contribution in [0.3, 0.4) is 0 Å². The number of ether oxygens (including phenoxy) is 2. The van der Waals surface area contributed by atoms with Crippen molar-refractivity contribution in [3.63, 3.8) is 0 Å². The number of hydrogen-bond acceptors (Lipinski definition) is 22. The predicted octanol–water partition coefficient (Wildman–Crippen LogP) is 8.49. The Kier molecular flexibility index (Phi) is 34.0. The highest BCUT2D eigenvalue weighted by atomic mass is 32.2. The minimum atomic E-state index is -3.15. The molecule has 2 saturated carbocycles. The number of carboxylic acids is 6. The van der Waals surface area contributed by atoms with Crippen LogP contribution in [0.25, 0.3) is 0 Å². The van der Waals surface area contributed by atoms with Gasteiger partial charge in [-0.25, -0.2) is 83.8 Å². The Balaban J connectivity index is 0.000000270. The summed E-state index contributed by atoms with van der Waals surface area (Å²) in [5.41, 5.74) is 0.827. The van der Waals surface area contributed by atoms with Crippen molar-refractivity contribution >= 4 is 79.3 Å². The fourth-order valence-electron chi connectivity index (χ4n) is 15.0. The van der Waals surface area contributed by atoms with Crippen molar-refractivity contribution in [3.05, 3.63) is 121 Å². The van der Waals surface area contributed by atoms with Crippen LogP contribution in [-0.2, 0) is 48.8 Å². The molecule has 2 spiro atoms. The Morgan fingerprint density at radius 3 is 1.00 bits per heavy atom. The normalized spacial score (nSPS) is 19.6. The lowest BCUT2D eigenvalue weighted by Crippen LogP contribution is -2.61. The zero-order valence-corrected chi connectivity index (χ0v) is 66.5. The summed E-state index contributed by atoms with van der Waals surface area (Å²) < 4.78 is 93.0. The van der Waals surface area contributed by atoms with Gasteiger partial charge < -0.3 is 69.5 Å². The molecule has 2 aliphatic carbocycles. The number of piperidine rings is 2. The highest BCUT2D eigenvalue weighted by molar-refractivity contribution is 7.89. The van der Waals surface area contributed by atoms with Crippen LogP contribution in [0.2, 0.25) is 0 Å². The Morgan fingerprint density at radius 2 is 0.750 bits per heavy atom. The Morgan fingerprint density at radius 1 is 0.473 bits per heavy atom. The molecule has 616 valence electrons. The first kappa shape index (κ1) is 91.3. The molecule has 0 radical (unpaired) electrons. The quantitative estimate of drug-likeness (QED) is 0.0273. The number of nitrogens with one attached hydrogen (secondary N) is 2. The monoisotopic (exact) mass is 1610 g/mol. The number of hydrogen-bond donors (Lipinski definition) is 8. The van der Waals surface area contributed by atoms with Crippen LogP contribution in [0.1, 0.15) is 153 Å². The Labute approximate surface area is 652 Å². The first-order valence-corrected chi connectivity index (χ1v) is 40.8. The zero-order valence-electron chi connectivity index (χ0n) is 64.9. The highest BCUT2D eigenvalue weighted by Gasteiger charge is 2.48. The van der Waals surface area contributed by atoms with Gasteiger partial charge in [-0.05, 0) is 207 Å². The van der Waals surface area contributed by atoms with Gasteiger partial charge in [-0.2, -0.15) is 0 Å². The number of anilines is 2. The first-order chi connectivity index (χ1) is 52.5. The van der Waals surface area contributed by atoms with E-state index >= 15 is 0 Å². The first-order valence-electron chi connectivity index (χ1n) is 37.0. The molecular formula is C76H106F2N12O20S2. The van der Waals surface area contributed by atoms with E-state index in [2.05, 4.69) is 49.0 Å². The lowest BCUT2D eigenvalue weighted by Gasteiger charge is -2.54. The molecule has 4 saturated heterocycles. The molecule has 4 aromatic rings. The van der Waals surface area contributed by atoms with Gasteiger partial charge in [-0.3, -0.25) is 9.59 Å². The molecule has 8 N–H and O–H groups in total. The molecule has 4 aliphatic heterocycles. The van der Waals surface area contributed by atoms with E-state index in [4.69, 9.17) is 40.1 Å². The molecule has 32 nitrogen and oxygen atoms in total. The van der Waals surface area contributed by atoms with Gasteiger partial charge in [0, 0.05) is 123 Å². The molecule has 6 heterocycles. The Bertz CT molecular complexity index is 3860. The topological polar surface area (TPSA) is 440 Å². The summed E-state index contributed by atoms with van der Waals surface area (Å²) in [6, 6.07) is 8.00. The van der Waals surface area contributed by atoms with Crippen molar-refractivity contribution in [1.82, 2.24) is 49.0 Å². The number of carboxylic acid groups (broad SMARTS) is 6. The molecule has 0 unspecified atom stereocenters. The van der Waals surface area contributed by atoms with Gasteiger partial charge >= 0.3 is 35.8 Å². The zero-order chi connectivity index (χ0) is 83.0. The maximum atomic E-state index is 14.3. The van der Waals surface area contributed by atoms with Crippen molar-refractivity contribution in [2.24, 2.45) is 22.7 Å². The van der Waals surface area contributed by atoms with Crippen LogP contribution < -0.4 is 28.7 Å². The van der Waals surface area contributed by atoms with Crippen molar-refractivity contribution in [2.75, 3.05) is 87.8 Å². The van der Waals surface area contributed by atoms with E-state index in [1.165, 1.54) is 61.6 Å². The van der Waals surface area contributed by atoms with Gasteiger partial charge in [0.15, 0.2) is 23.1 Å². The van der Waals surface area contributed by atoms with Gasteiger partial charge in [-0.15, -0.1) is 0 Å². The minimum absolute atomic E-state index is 0.0582. The summed E-state index contributed by atoms with van der Waals surface area (Å²) in [6.45, 7) is 25.4. The summed E-state index contributed by atoms with van der Waals surface area (Å²) in [5.74, 6) is -5.04. The van der Waals surface area contributed by atoms with Gasteiger partial charge in [0.05, 0.1) is 36.0 Å². The molecule has 10 rings (SSSR count). The van der Waals surface area contributed by atoms with Gasteiger partial charge in [0.25, 0.3) is 11.8 Å². The number of likely N-dealkylation sites (tertiary alicyclic amines) is 2. The predicted molar refractivity (Wildman–Crippen MR) is 411 cm³/mol. The summed E-state index contributed by atoms with van der Waals surface area (Å²) in [7, 11) is -6.29. The van der Waals surface area contributed by atoms with E-state index in [0.29, 0.717) is 71.4 Å². The summed E-state index contributed by atoms with van der Waals surface area (Å²) in [5, 5.41) is 46.9. The minimum Gasteiger partial charge on any atom is -0.478 e. The number of aromatic nitrogens is 4. The molecule has 0 bridgehead atoms. The summed E-state index contributed by atoms with van der Waals surface area (Å²) in [6.07, 6.45) is 24.4. The van der Waals surface area contributed by atoms with E-state index < -0.39 is 67.5 Å². The number of aliphatic carboxylic acids is 6. The van der Waals surface area contributed by atoms with Crippen molar-refractivity contribution in [3.8, 4) is 23.0 Å². The molecule has 2 amide bonds. The fourth-order valence-corrected chi connectivity index (χ4v) is 16.7. The summed E-state index contributed by atoms with van der Waals surface area (Å²) >= 11 is 0. The Hall–Kier alpha value is -9.62. The van der Waals surface area contributed by atoms with Crippen LogP contribution in [0.5, 0.6) is 23.0 Å². The van der Waals surface area contributed by atoms with Crippen molar-refractivity contribution in [2.45, 2.75) is 169 Å². The largest absolute Gasteiger partial charge is 0.478 e. The number of halogens is 2. The standard InChI is InChI=1S/2C32H47FN6O4S.3C4H4O4/c2*1-22(2)39(23(3)4)31(40)27-16-25(33)8-11-28(27)43-29-17-34-21-35-30(29)38-19-32(20-38)12-14-37(15-13-32)18-24-6-9-26(10-7-24)36-44(5,41)42;3*5-3(6)1-2-4(7)8/h2*8,11,16-17,21-24,26,36H,6-7,9-10,12-15,18-20H2,1-5H3;3*1-2H,(H,5,6)(H,7,8)/b;;3*2-1+. The average Bonchev–Trinajstić information content (AvgIpc) is 0.758. The molecule has 6 aliphatic rings. The number of benzene rings is 2. The average molecular weight is 1610 g/mol.